The summed E-state index contributed by atoms with van der Waals surface area (Å²) in [5, 5.41) is 31.3. The topological polar surface area (TPSA) is 176 Å². The van der Waals surface area contributed by atoms with Crippen LogP contribution in [0.4, 0.5) is 17.1 Å². The van der Waals surface area contributed by atoms with Crippen LogP contribution < -0.4 is 10.0 Å². The fraction of sp³-hybridized carbons (Fsp3) is 0.250. The molecule has 0 radical (unpaired) electrons. The highest BCUT2D eigenvalue weighted by Crippen LogP contribution is 2.30. The zero-order valence-electron chi connectivity index (χ0n) is 15.3. The molecule has 0 aliphatic carbocycles. The zero-order valence-corrected chi connectivity index (χ0v) is 17.7. The Morgan fingerprint density at radius 3 is 2.30 bits per heavy atom. The maximum atomic E-state index is 12.7. The zero-order chi connectivity index (χ0) is 22.5. The van der Waals surface area contributed by atoms with Gasteiger partial charge in [-0.1, -0.05) is 11.6 Å². The number of nitro groups is 1. The molecule has 164 valence electrons. The highest BCUT2D eigenvalue weighted by Gasteiger charge is 2.24. The minimum absolute atomic E-state index is 0.0377. The lowest BCUT2D eigenvalue weighted by molar-refractivity contribution is -0.385. The van der Waals surface area contributed by atoms with Crippen LogP contribution in [0, 0.1) is 10.1 Å². The van der Waals surface area contributed by atoms with Crippen molar-refractivity contribution in [3.63, 3.8) is 0 Å². The second kappa shape index (κ2) is 9.57. The predicted molar refractivity (Wildman–Crippen MR) is 110 cm³/mol. The third kappa shape index (κ3) is 5.58. The van der Waals surface area contributed by atoms with Gasteiger partial charge in [0.15, 0.2) is 9.84 Å². The Morgan fingerprint density at radius 2 is 1.70 bits per heavy atom. The number of sulfonamides is 1. The van der Waals surface area contributed by atoms with E-state index < -0.39 is 47.7 Å². The van der Waals surface area contributed by atoms with Crippen LogP contribution in [0.3, 0.4) is 0 Å². The number of hydrogen-bond acceptors (Lipinski definition) is 9. The molecule has 0 saturated heterocycles. The Kier molecular flexibility index (Phi) is 7.60. The molecule has 0 unspecified atom stereocenters. The first kappa shape index (κ1) is 23.8. The van der Waals surface area contributed by atoms with Crippen molar-refractivity contribution in [2.45, 2.75) is 9.79 Å². The molecule has 0 saturated carbocycles. The number of nitrogens with zero attached hydrogens (tertiary/aromatic N) is 1. The van der Waals surface area contributed by atoms with Crippen molar-refractivity contribution in [2.75, 3.05) is 35.6 Å². The summed E-state index contributed by atoms with van der Waals surface area (Å²) in [5.41, 5.74) is -0.535. The third-order valence-electron chi connectivity index (χ3n) is 3.77. The molecular formula is C16H18ClN3O8S2. The first-order chi connectivity index (χ1) is 14.0. The van der Waals surface area contributed by atoms with Gasteiger partial charge in [-0.15, -0.1) is 0 Å². The highest BCUT2D eigenvalue weighted by molar-refractivity contribution is 7.93. The van der Waals surface area contributed by atoms with E-state index in [9.17, 15) is 26.9 Å². The molecule has 2 aromatic carbocycles. The van der Waals surface area contributed by atoms with Crippen LogP contribution in [0.25, 0.3) is 0 Å². The quantitative estimate of drug-likeness (QED) is 0.288. The molecule has 14 heteroatoms. The maximum absolute atomic E-state index is 12.7. The number of anilines is 2. The lowest BCUT2D eigenvalue weighted by atomic mass is 10.3. The van der Waals surface area contributed by atoms with E-state index in [0.29, 0.717) is 0 Å². The number of aliphatic hydroxyl groups excluding tert-OH is 2. The maximum Gasteiger partial charge on any atom is 0.270 e. The molecule has 0 amide bonds. The fourth-order valence-corrected chi connectivity index (χ4v) is 5.24. The molecule has 2 aromatic rings. The number of nitro benzene ring substituents is 1. The molecule has 0 aromatic heterocycles. The van der Waals surface area contributed by atoms with E-state index in [1.165, 1.54) is 12.1 Å². The second-order valence-electron chi connectivity index (χ2n) is 5.88. The number of sulfone groups is 1. The fourth-order valence-electron chi connectivity index (χ4n) is 2.43. The largest absolute Gasteiger partial charge is 0.395 e. The van der Waals surface area contributed by atoms with Gasteiger partial charge in [-0.05, 0) is 24.3 Å². The van der Waals surface area contributed by atoms with Crippen molar-refractivity contribution in [1.29, 1.82) is 0 Å². The van der Waals surface area contributed by atoms with Gasteiger partial charge in [0.2, 0.25) is 0 Å². The van der Waals surface area contributed by atoms with Gasteiger partial charge in [-0.2, -0.15) is 0 Å². The van der Waals surface area contributed by atoms with E-state index in [1.807, 2.05) is 0 Å². The van der Waals surface area contributed by atoms with Gasteiger partial charge in [0.25, 0.3) is 15.7 Å². The molecule has 0 spiro atoms. The summed E-state index contributed by atoms with van der Waals surface area (Å²) in [6.45, 7) is -0.893. The van der Waals surface area contributed by atoms with E-state index in [-0.39, 0.29) is 34.4 Å². The lowest BCUT2D eigenvalue weighted by Gasteiger charge is -2.15. The van der Waals surface area contributed by atoms with Crippen molar-refractivity contribution in [3.8, 4) is 0 Å². The average molecular weight is 480 g/mol. The molecule has 0 atom stereocenters. The number of aliphatic hydroxyl groups is 2. The Hall–Kier alpha value is -2.45. The lowest BCUT2D eigenvalue weighted by Crippen LogP contribution is -2.17. The van der Waals surface area contributed by atoms with Gasteiger partial charge >= 0.3 is 0 Å². The van der Waals surface area contributed by atoms with E-state index in [4.69, 9.17) is 21.8 Å². The van der Waals surface area contributed by atoms with Crippen LogP contribution in [0.5, 0.6) is 0 Å². The summed E-state index contributed by atoms with van der Waals surface area (Å²) in [4.78, 5) is 9.29. The Labute approximate surface area is 177 Å². The minimum atomic E-state index is -4.40. The third-order valence-corrected chi connectivity index (χ3v) is 7.36. The average Bonchev–Trinajstić information content (AvgIpc) is 2.66. The number of non-ortho nitro benzene ring substituents is 1. The van der Waals surface area contributed by atoms with Crippen molar-refractivity contribution in [3.05, 3.63) is 51.5 Å². The number of nitrogens with one attached hydrogen (secondary N) is 2. The summed E-state index contributed by atoms with van der Waals surface area (Å²) < 4.78 is 52.4. The molecule has 0 bridgehead atoms. The van der Waals surface area contributed by atoms with E-state index in [1.54, 1.807) is 0 Å². The SMILES string of the molecule is O=[N+]([O-])c1ccc(Cl)c(S(=O)(=O)Nc2ccc(NCCO)c(S(=O)(=O)CCO)c2)c1. The smallest absolute Gasteiger partial charge is 0.270 e. The first-order valence-corrected chi connectivity index (χ1v) is 11.8. The highest BCUT2D eigenvalue weighted by atomic mass is 35.5. The summed E-state index contributed by atoms with van der Waals surface area (Å²) in [5.74, 6) is -0.603. The number of rotatable bonds is 10. The van der Waals surface area contributed by atoms with Crippen LogP contribution in [0.2, 0.25) is 5.02 Å². The summed E-state index contributed by atoms with van der Waals surface area (Å²) in [6.07, 6.45) is 0. The second-order valence-corrected chi connectivity index (χ2v) is 10.0. The van der Waals surface area contributed by atoms with Crippen LogP contribution in [0.15, 0.2) is 46.2 Å². The number of halogens is 1. The molecule has 0 aliphatic rings. The molecule has 0 heterocycles. The minimum Gasteiger partial charge on any atom is -0.395 e. The van der Waals surface area contributed by atoms with Crippen LogP contribution in [-0.2, 0) is 19.9 Å². The Bertz CT molecular complexity index is 1150. The normalized spacial score (nSPS) is 11.8. The summed E-state index contributed by atoms with van der Waals surface area (Å²) >= 11 is 5.88. The van der Waals surface area contributed by atoms with Crippen molar-refractivity contribution in [1.82, 2.24) is 0 Å². The van der Waals surface area contributed by atoms with E-state index in [2.05, 4.69) is 10.0 Å². The van der Waals surface area contributed by atoms with Crippen molar-refractivity contribution >= 4 is 48.5 Å². The van der Waals surface area contributed by atoms with Crippen molar-refractivity contribution in [2.24, 2.45) is 0 Å². The predicted octanol–water partition coefficient (Wildman–Crippen LogP) is 1.22. The monoisotopic (exact) mass is 479 g/mol. The van der Waals surface area contributed by atoms with Gasteiger partial charge in [-0.3, -0.25) is 14.8 Å². The molecule has 0 fully saturated rings. The summed E-state index contributed by atoms with van der Waals surface area (Å²) in [7, 11) is -8.38. The molecule has 4 N–H and O–H groups in total. The number of hydrogen-bond donors (Lipinski definition) is 4. The Balaban J connectivity index is 2.50. The Morgan fingerprint density at radius 1 is 1.00 bits per heavy atom. The van der Waals surface area contributed by atoms with Gasteiger partial charge in [-0.25, -0.2) is 16.8 Å². The van der Waals surface area contributed by atoms with Gasteiger partial charge in [0.05, 0.1) is 45.2 Å². The molecule has 30 heavy (non-hydrogen) atoms. The molecule has 2 rings (SSSR count). The van der Waals surface area contributed by atoms with E-state index in [0.717, 1.165) is 24.3 Å². The van der Waals surface area contributed by atoms with Crippen LogP contribution in [0.1, 0.15) is 0 Å². The van der Waals surface area contributed by atoms with Crippen LogP contribution >= 0.6 is 11.6 Å². The molecule has 11 nitrogen and oxygen atoms in total. The van der Waals surface area contributed by atoms with Gasteiger partial charge < -0.3 is 15.5 Å². The van der Waals surface area contributed by atoms with Crippen molar-refractivity contribution < 1.29 is 32.0 Å². The molecular weight excluding hydrogens is 462 g/mol. The first-order valence-electron chi connectivity index (χ1n) is 8.31. The summed E-state index contributed by atoms with van der Waals surface area (Å²) in [6, 6.07) is 6.47. The van der Waals surface area contributed by atoms with Gasteiger partial charge in [0, 0.05) is 18.7 Å². The molecule has 0 aliphatic heterocycles. The van der Waals surface area contributed by atoms with E-state index >= 15 is 0 Å². The number of benzene rings is 2. The van der Waals surface area contributed by atoms with Crippen LogP contribution in [-0.4, -0.2) is 57.5 Å². The standard InChI is InChI=1S/C16H18ClN3O8S2/c17-13-3-2-12(20(23)24)10-15(13)30(27,28)19-11-1-4-14(18-5-6-21)16(9-11)29(25,26)8-7-22/h1-4,9-10,18-19,21-22H,5-8H2. The van der Waals surface area contributed by atoms with Gasteiger partial charge in [0.1, 0.15) is 4.90 Å².